The Morgan fingerprint density at radius 3 is 2.47 bits per heavy atom. The summed E-state index contributed by atoms with van der Waals surface area (Å²) in [5.41, 5.74) is 5.44. The van der Waals surface area contributed by atoms with Gasteiger partial charge in [0.25, 0.3) is 0 Å². The molecule has 1 unspecified atom stereocenters. The van der Waals surface area contributed by atoms with E-state index in [1.54, 1.807) is 0 Å². The summed E-state index contributed by atoms with van der Waals surface area (Å²) in [7, 11) is 0. The number of hydrogen-bond donors (Lipinski definition) is 4. The maximum absolute atomic E-state index is 11.3. The quantitative estimate of drug-likeness (QED) is 0.234. The zero-order valence-electron chi connectivity index (χ0n) is 9.45. The van der Waals surface area contributed by atoms with Gasteiger partial charge in [0, 0.05) is 6.04 Å². The van der Waals surface area contributed by atoms with Gasteiger partial charge in [-0.15, -0.1) is 0 Å². The van der Waals surface area contributed by atoms with Gasteiger partial charge in [-0.05, 0) is 20.3 Å². The number of carbonyl (C=O) groups is 1. The van der Waals surface area contributed by atoms with Gasteiger partial charge in [0.2, 0.25) is 0 Å². The Hall–Kier alpha value is -1.46. The van der Waals surface area contributed by atoms with Crippen LogP contribution < -0.4 is 16.4 Å². The predicted molar refractivity (Wildman–Crippen MR) is 58.9 cm³/mol. The molecule has 0 saturated carbocycles. The van der Waals surface area contributed by atoms with E-state index in [0.717, 1.165) is 6.42 Å². The van der Waals surface area contributed by atoms with Crippen LogP contribution in [0.25, 0.3) is 0 Å². The van der Waals surface area contributed by atoms with Crippen molar-refractivity contribution in [2.24, 2.45) is 10.9 Å². The van der Waals surface area contributed by atoms with E-state index >= 15 is 0 Å². The summed E-state index contributed by atoms with van der Waals surface area (Å²) in [6.45, 7) is 5.68. The minimum Gasteiger partial charge on any atom is -0.409 e. The molecule has 0 saturated heterocycles. The van der Waals surface area contributed by atoms with Crippen molar-refractivity contribution in [1.29, 1.82) is 0 Å². The van der Waals surface area contributed by atoms with Crippen molar-refractivity contribution in [1.82, 2.24) is 10.6 Å². The molecule has 0 aliphatic heterocycles. The van der Waals surface area contributed by atoms with E-state index in [0.29, 0.717) is 6.42 Å². The Morgan fingerprint density at radius 2 is 2.07 bits per heavy atom. The number of carbonyl (C=O) groups excluding carboxylic acids is 1. The van der Waals surface area contributed by atoms with Gasteiger partial charge in [-0.1, -0.05) is 18.5 Å². The van der Waals surface area contributed by atoms with Crippen molar-refractivity contribution in [3.05, 3.63) is 0 Å². The Bertz CT molecular complexity index is 228. The molecule has 2 amide bonds. The number of hydrogen-bond acceptors (Lipinski definition) is 3. The molecule has 0 rings (SSSR count). The molecule has 5 N–H and O–H groups in total. The highest BCUT2D eigenvalue weighted by atomic mass is 16.4. The van der Waals surface area contributed by atoms with Gasteiger partial charge < -0.3 is 21.6 Å². The van der Waals surface area contributed by atoms with Gasteiger partial charge >= 0.3 is 6.03 Å². The van der Waals surface area contributed by atoms with Crippen molar-refractivity contribution >= 4 is 11.9 Å². The predicted octanol–water partition coefficient (Wildman–Crippen LogP) is 0.609. The van der Waals surface area contributed by atoms with Crippen LogP contribution in [0.4, 0.5) is 4.79 Å². The van der Waals surface area contributed by atoms with Crippen LogP contribution in [0.5, 0.6) is 0 Å². The first-order chi connectivity index (χ1) is 7.01. The molecule has 0 aromatic heterocycles. The summed E-state index contributed by atoms with van der Waals surface area (Å²) in [6, 6.07) is -0.673. The molecule has 0 bridgehead atoms. The highest BCUT2D eigenvalue weighted by Gasteiger charge is 2.15. The summed E-state index contributed by atoms with van der Waals surface area (Å²) in [5, 5.41) is 16.7. The summed E-state index contributed by atoms with van der Waals surface area (Å²) in [4.78, 5) is 11.3. The highest BCUT2D eigenvalue weighted by Crippen LogP contribution is 1.96. The average Bonchev–Trinajstić information content (AvgIpc) is 2.14. The van der Waals surface area contributed by atoms with Crippen molar-refractivity contribution in [2.45, 2.75) is 45.7 Å². The SMILES string of the molecule is CCCC(NC(=O)NC(C)C)/C(N)=N/O. The largest absolute Gasteiger partial charge is 0.409 e. The monoisotopic (exact) mass is 216 g/mol. The third-order valence-electron chi connectivity index (χ3n) is 1.77. The normalized spacial score (nSPS) is 13.7. The lowest BCUT2D eigenvalue weighted by molar-refractivity contribution is 0.236. The number of nitrogens with two attached hydrogens (primary N) is 1. The lowest BCUT2D eigenvalue weighted by Gasteiger charge is -2.18. The fourth-order valence-corrected chi connectivity index (χ4v) is 1.11. The average molecular weight is 216 g/mol. The summed E-state index contributed by atoms with van der Waals surface area (Å²) in [6.07, 6.45) is 1.48. The number of nitrogens with one attached hydrogen (secondary N) is 2. The first-order valence-electron chi connectivity index (χ1n) is 5.05. The van der Waals surface area contributed by atoms with E-state index in [1.807, 2.05) is 20.8 Å². The Kier molecular flexibility index (Phi) is 6.24. The molecule has 1 atom stereocenters. The molecule has 0 aromatic carbocycles. The van der Waals surface area contributed by atoms with Gasteiger partial charge in [0.05, 0.1) is 6.04 Å². The molecular weight excluding hydrogens is 196 g/mol. The molecule has 6 heteroatoms. The Labute approximate surface area is 89.9 Å². The summed E-state index contributed by atoms with van der Waals surface area (Å²) >= 11 is 0. The number of oxime groups is 1. The second-order valence-electron chi connectivity index (χ2n) is 3.64. The molecule has 0 aromatic rings. The minimum absolute atomic E-state index is 0.0238. The fourth-order valence-electron chi connectivity index (χ4n) is 1.11. The van der Waals surface area contributed by atoms with Crippen molar-refractivity contribution in [3.8, 4) is 0 Å². The highest BCUT2D eigenvalue weighted by molar-refractivity contribution is 5.89. The lowest BCUT2D eigenvalue weighted by atomic mass is 10.1. The van der Waals surface area contributed by atoms with Crippen LogP contribution in [-0.4, -0.2) is 29.2 Å². The van der Waals surface area contributed by atoms with Crippen LogP contribution in [-0.2, 0) is 0 Å². The first kappa shape index (κ1) is 13.5. The number of amides is 2. The molecule has 6 nitrogen and oxygen atoms in total. The van der Waals surface area contributed by atoms with E-state index in [9.17, 15) is 4.79 Å². The van der Waals surface area contributed by atoms with E-state index in [-0.39, 0.29) is 17.9 Å². The standard InChI is InChI=1S/C9H20N4O2/c1-4-5-7(8(10)13-15)12-9(14)11-6(2)3/h6-7,15H,4-5H2,1-3H3,(H2,10,13)(H2,11,12,14). The molecule has 0 aliphatic rings. The van der Waals surface area contributed by atoms with Crippen LogP contribution in [0.2, 0.25) is 0 Å². The smallest absolute Gasteiger partial charge is 0.315 e. The van der Waals surface area contributed by atoms with Crippen molar-refractivity contribution in [3.63, 3.8) is 0 Å². The first-order valence-corrected chi connectivity index (χ1v) is 5.05. The van der Waals surface area contributed by atoms with Crippen LogP contribution >= 0.6 is 0 Å². The number of urea groups is 1. The van der Waals surface area contributed by atoms with Gasteiger partial charge in [0.1, 0.15) is 0 Å². The summed E-state index contributed by atoms with van der Waals surface area (Å²) in [5.74, 6) is 0.0238. The molecule has 0 aliphatic carbocycles. The van der Waals surface area contributed by atoms with Crippen LogP contribution in [0.3, 0.4) is 0 Å². The van der Waals surface area contributed by atoms with Gasteiger partial charge in [-0.2, -0.15) is 0 Å². The lowest BCUT2D eigenvalue weighted by Crippen LogP contribution is -2.49. The van der Waals surface area contributed by atoms with Crippen molar-refractivity contribution in [2.75, 3.05) is 0 Å². The third kappa shape index (κ3) is 5.77. The number of amidine groups is 1. The molecular formula is C9H20N4O2. The van der Waals surface area contributed by atoms with Gasteiger partial charge in [-0.3, -0.25) is 0 Å². The second-order valence-corrected chi connectivity index (χ2v) is 3.64. The molecule has 0 spiro atoms. The Balaban J connectivity index is 4.22. The maximum atomic E-state index is 11.3. The van der Waals surface area contributed by atoms with Crippen molar-refractivity contribution < 1.29 is 10.0 Å². The van der Waals surface area contributed by atoms with Gasteiger partial charge in [0.15, 0.2) is 5.84 Å². The van der Waals surface area contributed by atoms with Crippen LogP contribution in [0, 0.1) is 0 Å². The van der Waals surface area contributed by atoms with Crippen LogP contribution in [0.1, 0.15) is 33.6 Å². The molecule has 88 valence electrons. The fraction of sp³-hybridized carbons (Fsp3) is 0.778. The third-order valence-corrected chi connectivity index (χ3v) is 1.77. The molecule has 0 fully saturated rings. The van der Waals surface area contributed by atoms with E-state index in [1.165, 1.54) is 0 Å². The number of nitrogens with zero attached hydrogens (tertiary/aromatic N) is 1. The summed E-state index contributed by atoms with van der Waals surface area (Å²) < 4.78 is 0. The van der Waals surface area contributed by atoms with E-state index < -0.39 is 6.04 Å². The van der Waals surface area contributed by atoms with E-state index in [4.69, 9.17) is 10.9 Å². The van der Waals surface area contributed by atoms with Gasteiger partial charge in [-0.25, -0.2) is 4.79 Å². The second kappa shape index (κ2) is 6.92. The topological polar surface area (TPSA) is 99.7 Å². The zero-order chi connectivity index (χ0) is 11.8. The zero-order valence-corrected chi connectivity index (χ0v) is 9.45. The Morgan fingerprint density at radius 1 is 1.47 bits per heavy atom. The molecule has 0 heterocycles. The molecule has 0 radical (unpaired) electrons. The molecule has 15 heavy (non-hydrogen) atoms. The minimum atomic E-state index is -0.418. The van der Waals surface area contributed by atoms with E-state index in [2.05, 4.69) is 15.8 Å². The number of rotatable bonds is 5. The van der Waals surface area contributed by atoms with Crippen LogP contribution in [0.15, 0.2) is 5.16 Å². The maximum Gasteiger partial charge on any atom is 0.315 e.